The number of hydrogen-bond donors (Lipinski definition) is 1. The van der Waals surface area contributed by atoms with Crippen molar-refractivity contribution in [3.63, 3.8) is 0 Å². The van der Waals surface area contributed by atoms with E-state index in [0.717, 1.165) is 12.1 Å². The second-order valence-electron chi connectivity index (χ2n) is 4.58. The average Bonchev–Trinajstić information content (AvgIpc) is 3.01. The van der Waals surface area contributed by atoms with E-state index in [1.54, 1.807) is 6.07 Å². The summed E-state index contributed by atoms with van der Waals surface area (Å²) in [4.78, 5) is 0. The summed E-state index contributed by atoms with van der Waals surface area (Å²) in [5.41, 5.74) is 1.28. The molecule has 3 rings (SSSR count). The van der Waals surface area contributed by atoms with Crippen molar-refractivity contribution in [3.05, 3.63) is 57.6 Å². The van der Waals surface area contributed by atoms with Crippen LogP contribution in [0.5, 0.6) is 0 Å². The molecule has 0 fully saturated rings. The molecule has 2 aromatic carbocycles. The Morgan fingerprint density at radius 3 is 2.30 bits per heavy atom. The fourth-order valence-corrected chi connectivity index (χ4v) is 2.40. The van der Waals surface area contributed by atoms with Crippen molar-refractivity contribution in [2.45, 2.75) is 0 Å². The van der Waals surface area contributed by atoms with Crippen LogP contribution in [-0.4, -0.2) is 15.4 Å². The second kappa shape index (κ2) is 5.95. The highest BCUT2D eigenvalue weighted by Crippen LogP contribution is 2.34. The van der Waals surface area contributed by atoms with E-state index in [1.165, 1.54) is 12.1 Å². The summed E-state index contributed by atoms with van der Waals surface area (Å²) in [7, 11) is 0. The minimum absolute atomic E-state index is 0.136. The van der Waals surface area contributed by atoms with Crippen LogP contribution in [-0.2, 0) is 0 Å². The molecule has 0 saturated heterocycles. The van der Waals surface area contributed by atoms with Gasteiger partial charge in [0.1, 0.15) is 28.0 Å². The topological polar surface area (TPSA) is 65.4 Å². The molecule has 0 unspecified atom stereocenters. The first kappa shape index (κ1) is 15.4. The molecule has 0 aliphatic heterocycles. The van der Waals surface area contributed by atoms with Gasteiger partial charge >= 0.3 is 0 Å². The normalized spacial score (nSPS) is 10.6. The van der Waals surface area contributed by atoms with E-state index in [-0.39, 0.29) is 17.0 Å². The molecule has 0 amide bonds. The van der Waals surface area contributed by atoms with E-state index < -0.39 is 16.7 Å². The van der Waals surface area contributed by atoms with E-state index in [0.29, 0.717) is 16.1 Å². The van der Waals surface area contributed by atoms with Gasteiger partial charge < -0.3 is 0 Å². The van der Waals surface area contributed by atoms with E-state index in [9.17, 15) is 14.0 Å². The Kier molecular flexibility index (Phi) is 3.99. The van der Waals surface area contributed by atoms with Gasteiger partial charge in [-0.25, -0.2) is 8.78 Å². The Bertz CT molecular complexity index is 924. The van der Waals surface area contributed by atoms with Gasteiger partial charge in [0.15, 0.2) is 0 Å². The minimum atomic E-state index is -0.915. The Hall–Kier alpha value is -2.49. The number of hydrogen-bond acceptors (Lipinski definition) is 3. The van der Waals surface area contributed by atoms with Crippen LogP contribution in [0.25, 0.3) is 22.5 Å². The summed E-state index contributed by atoms with van der Waals surface area (Å²) in [6.45, 7) is 0. The summed E-state index contributed by atoms with van der Waals surface area (Å²) < 4.78 is 27.3. The molecule has 1 aromatic heterocycles. The maximum Gasteiger partial charge on any atom is 0.145 e. The molecule has 4 nitrogen and oxygen atoms in total. The molecule has 0 spiro atoms. The lowest BCUT2D eigenvalue weighted by Gasteiger charge is -2.05. The van der Waals surface area contributed by atoms with Crippen molar-refractivity contribution in [3.8, 4) is 28.6 Å². The zero-order valence-corrected chi connectivity index (χ0v) is 12.8. The zero-order valence-electron chi connectivity index (χ0n) is 11.2. The van der Waals surface area contributed by atoms with Crippen LogP contribution in [0.4, 0.5) is 8.78 Å². The first-order valence-electron chi connectivity index (χ1n) is 6.27. The van der Waals surface area contributed by atoms with Crippen LogP contribution < -0.4 is 0 Å². The fraction of sp³-hybridized carbons (Fsp3) is 0. The maximum absolute atomic E-state index is 13.7. The number of nitrogens with one attached hydrogen (secondary N) is 1. The Labute approximate surface area is 139 Å². The lowest BCUT2D eigenvalue weighted by molar-refractivity contribution is 0.585. The molecule has 0 aliphatic rings. The van der Waals surface area contributed by atoms with Crippen LogP contribution >= 0.6 is 23.2 Å². The lowest BCUT2D eigenvalue weighted by atomic mass is 10.0. The van der Waals surface area contributed by atoms with E-state index in [2.05, 4.69) is 15.4 Å². The van der Waals surface area contributed by atoms with Gasteiger partial charge in [-0.1, -0.05) is 23.2 Å². The largest absolute Gasteiger partial charge is 0.205 e. The van der Waals surface area contributed by atoms with Crippen LogP contribution in [0.1, 0.15) is 5.56 Å². The third-order valence-electron chi connectivity index (χ3n) is 3.16. The summed E-state index contributed by atoms with van der Waals surface area (Å²) in [5, 5.41) is 19.3. The predicted molar refractivity (Wildman–Crippen MR) is 81.9 cm³/mol. The fourth-order valence-electron chi connectivity index (χ4n) is 2.12. The smallest absolute Gasteiger partial charge is 0.145 e. The highest BCUT2D eigenvalue weighted by atomic mass is 35.5. The highest BCUT2D eigenvalue weighted by molar-refractivity contribution is 6.31. The lowest BCUT2D eigenvalue weighted by Crippen LogP contribution is -1.91. The molecule has 114 valence electrons. The third kappa shape index (κ3) is 2.77. The van der Waals surface area contributed by atoms with Crippen molar-refractivity contribution in [1.29, 1.82) is 5.26 Å². The van der Waals surface area contributed by atoms with Crippen molar-refractivity contribution in [2.75, 3.05) is 0 Å². The van der Waals surface area contributed by atoms with E-state index in [4.69, 9.17) is 23.2 Å². The molecule has 0 saturated carbocycles. The first-order chi connectivity index (χ1) is 11.0. The van der Waals surface area contributed by atoms with Gasteiger partial charge in [-0.15, -0.1) is 0 Å². The zero-order chi connectivity index (χ0) is 16.6. The van der Waals surface area contributed by atoms with E-state index >= 15 is 0 Å². The SMILES string of the molecule is N#Cc1ccc(Cl)cc1-c1n[nH]nc1-c1cc(F)c(Cl)c(F)c1. The number of nitrogens with zero attached hydrogens (tertiary/aromatic N) is 3. The summed E-state index contributed by atoms with van der Waals surface area (Å²) in [5.74, 6) is -1.83. The van der Waals surface area contributed by atoms with Crippen molar-refractivity contribution >= 4 is 23.2 Å². The quantitative estimate of drug-likeness (QED) is 0.687. The van der Waals surface area contributed by atoms with E-state index in [1.807, 2.05) is 6.07 Å². The summed E-state index contributed by atoms with van der Waals surface area (Å²) >= 11 is 11.4. The number of rotatable bonds is 2. The molecule has 0 aliphatic carbocycles. The van der Waals surface area contributed by atoms with Crippen molar-refractivity contribution in [1.82, 2.24) is 15.4 Å². The van der Waals surface area contributed by atoms with Gasteiger partial charge in [-0.2, -0.15) is 20.7 Å². The van der Waals surface area contributed by atoms with Gasteiger partial charge in [0, 0.05) is 16.1 Å². The Balaban J connectivity index is 2.22. The standard InChI is InChI=1S/C15H6Cl2F2N4/c16-9-2-1-7(6-20)10(5-9)15-14(21-23-22-15)8-3-11(18)13(17)12(19)4-8/h1-5H,(H,21,22,23). The van der Waals surface area contributed by atoms with Crippen molar-refractivity contribution in [2.24, 2.45) is 0 Å². The summed E-state index contributed by atoms with van der Waals surface area (Å²) in [6, 6.07) is 8.72. The molecule has 23 heavy (non-hydrogen) atoms. The molecular formula is C15H6Cl2F2N4. The number of aromatic nitrogens is 3. The third-order valence-corrected chi connectivity index (χ3v) is 3.76. The number of benzene rings is 2. The van der Waals surface area contributed by atoms with Crippen LogP contribution in [0.3, 0.4) is 0 Å². The number of aromatic amines is 1. The molecule has 1 N–H and O–H groups in total. The molecule has 3 aromatic rings. The average molecular weight is 351 g/mol. The highest BCUT2D eigenvalue weighted by Gasteiger charge is 2.19. The second-order valence-corrected chi connectivity index (χ2v) is 5.39. The molecule has 1 heterocycles. The number of nitriles is 1. The van der Waals surface area contributed by atoms with Gasteiger partial charge in [0.25, 0.3) is 0 Å². The maximum atomic E-state index is 13.7. The summed E-state index contributed by atoms with van der Waals surface area (Å²) in [6.07, 6.45) is 0. The Morgan fingerprint density at radius 2 is 1.65 bits per heavy atom. The van der Waals surface area contributed by atoms with Crippen LogP contribution in [0, 0.1) is 23.0 Å². The molecular weight excluding hydrogens is 345 g/mol. The van der Waals surface area contributed by atoms with Crippen LogP contribution in [0.2, 0.25) is 10.0 Å². The first-order valence-corrected chi connectivity index (χ1v) is 7.02. The van der Waals surface area contributed by atoms with Gasteiger partial charge in [-0.3, -0.25) is 0 Å². The van der Waals surface area contributed by atoms with Gasteiger partial charge in [0.2, 0.25) is 0 Å². The van der Waals surface area contributed by atoms with Gasteiger partial charge in [0.05, 0.1) is 11.6 Å². The minimum Gasteiger partial charge on any atom is -0.205 e. The molecule has 0 radical (unpaired) electrons. The monoisotopic (exact) mass is 350 g/mol. The van der Waals surface area contributed by atoms with Crippen LogP contribution in [0.15, 0.2) is 30.3 Å². The number of halogens is 4. The molecule has 8 heteroatoms. The predicted octanol–water partition coefficient (Wildman–Crippen LogP) is 4.60. The molecule has 0 bridgehead atoms. The Morgan fingerprint density at radius 1 is 1.00 bits per heavy atom. The van der Waals surface area contributed by atoms with Gasteiger partial charge in [-0.05, 0) is 30.3 Å². The molecule has 0 atom stereocenters. The number of H-pyrrole nitrogens is 1. The van der Waals surface area contributed by atoms with Crippen molar-refractivity contribution < 1.29 is 8.78 Å².